The van der Waals surface area contributed by atoms with Gasteiger partial charge in [0.2, 0.25) is 0 Å². The van der Waals surface area contributed by atoms with Gasteiger partial charge in [-0.25, -0.2) is 4.79 Å². The molecule has 0 bridgehead atoms. The number of ether oxygens (including phenoxy) is 1. The lowest BCUT2D eigenvalue weighted by Crippen LogP contribution is -2.41. The van der Waals surface area contributed by atoms with E-state index in [9.17, 15) is 4.79 Å². The fourth-order valence-corrected chi connectivity index (χ4v) is 2.40. The summed E-state index contributed by atoms with van der Waals surface area (Å²) in [5.41, 5.74) is 13.0. The van der Waals surface area contributed by atoms with Gasteiger partial charge in [0, 0.05) is 12.2 Å². The fourth-order valence-electron chi connectivity index (χ4n) is 2.40. The number of hydrogen-bond donors (Lipinski definition) is 2. The third kappa shape index (κ3) is 3.48. The van der Waals surface area contributed by atoms with Crippen LogP contribution >= 0.6 is 0 Å². The summed E-state index contributed by atoms with van der Waals surface area (Å²) in [6, 6.07) is 5.05. The van der Waals surface area contributed by atoms with E-state index in [-0.39, 0.29) is 6.54 Å². The molecule has 0 saturated carbocycles. The smallest absolute Gasteiger partial charge is 0.465 e. The first-order valence-corrected chi connectivity index (χ1v) is 7.85. The lowest BCUT2D eigenvalue weighted by molar-refractivity contribution is 0.00578. The Hall–Kier alpha value is -1.83. The van der Waals surface area contributed by atoms with Crippen LogP contribution < -0.4 is 11.5 Å². The highest BCUT2D eigenvalue weighted by Crippen LogP contribution is 2.38. The molecule has 6 nitrogen and oxygen atoms in total. The Bertz CT molecular complexity index is 655. The summed E-state index contributed by atoms with van der Waals surface area (Å²) in [7, 11) is 0.764. The first-order valence-electron chi connectivity index (χ1n) is 7.85. The van der Waals surface area contributed by atoms with Gasteiger partial charge in [0.15, 0.2) is 0 Å². The summed E-state index contributed by atoms with van der Waals surface area (Å²) >= 11 is 0. The number of methoxy groups -OCH3 is 1. The van der Waals surface area contributed by atoms with Crippen molar-refractivity contribution in [1.82, 2.24) is 0 Å². The van der Waals surface area contributed by atoms with Crippen LogP contribution in [-0.4, -0.2) is 37.9 Å². The van der Waals surface area contributed by atoms with Crippen LogP contribution in [0.4, 0.5) is 5.69 Å². The van der Waals surface area contributed by atoms with Crippen molar-refractivity contribution in [2.45, 2.75) is 38.9 Å². The highest BCUT2D eigenvalue weighted by Gasteiger charge is 2.52. The van der Waals surface area contributed by atoms with E-state index in [1.54, 1.807) is 24.3 Å². The van der Waals surface area contributed by atoms with E-state index in [4.69, 9.17) is 25.5 Å². The molecular formula is C17H25BN2O4. The van der Waals surface area contributed by atoms with Gasteiger partial charge < -0.3 is 25.5 Å². The molecular weight excluding hydrogens is 307 g/mol. The number of esters is 1. The van der Waals surface area contributed by atoms with Crippen LogP contribution in [0.25, 0.3) is 6.08 Å². The molecule has 130 valence electrons. The molecule has 24 heavy (non-hydrogen) atoms. The normalized spacial score (nSPS) is 19.4. The maximum atomic E-state index is 12.0. The number of nitrogens with two attached hydrogens (primary N) is 2. The van der Waals surface area contributed by atoms with Gasteiger partial charge in [0.25, 0.3) is 0 Å². The number of carbonyl (C=O) groups is 1. The fraction of sp³-hybridized carbons (Fsp3) is 0.471. The number of nitrogen functional groups attached to an aromatic ring is 1. The minimum atomic E-state index is -0.567. The molecule has 0 aliphatic carbocycles. The molecule has 0 aromatic heterocycles. The molecule has 2 rings (SSSR count). The quantitative estimate of drug-likeness (QED) is 0.497. The molecule has 1 saturated heterocycles. The number of hydrogen-bond acceptors (Lipinski definition) is 6. The zero-order chi connectivity index (χ0) is 18.1. The predicted octanol–water partition coefficient (Wildman–Crippen LogP) is 2.03. The second-order valence-corrected chi connectivity index (χ2v) is 6.85. The van der Waals surface area contributed by atoms with E-state index in [1.165, 1.54) is 7.11 Å². The lowest BCUT2D eigenvalue weighted by Gasteiger charge is -2.32. The van der Waals surface area contributed by atoms with E-state index >= 15 is 0 Å². The Morgan fingerprint density at radius 3 is 2.33 bits per heavy atom. The van der Waals surface area contributed by atoms with Crippen molar-refractivity contribution < 1.29 is 18.8 Å². The molecule has 0 radical (unpaired) electrons. The molecule has 4 N–H and O–H groups in total. The molecule has 0 spiro atoms. The van der Waals surface area contributed by atoms with Gasteiger partial charge in [0.05, 0.1) is 23.9 Å². The SMILES string of the molecule is COC(=O)c1cc(N)ccc1C=C(CN)B1OC(C)(C)C(C)(C)O1. The number of benzene rings is 1. The van der Waals surface area contributed by atoms with E-state index in [2.05, 4.69) is 0 Å². The Kier molecular flexibility index (Phi) is 5.08. The highest BCUT2D eigenvalue weighted by molar-refractivity contribution is 6.56. The van der Waals surface area contributed by atoms with Crippen molar-refractivity contribution in [3.8, 4) is 0 Å². The summed E-state index contributed by atoms with van der Waals surface area (Å²) in [6.45, 7) is 8.14. The Morgan fingerprint density at radius 1 is 1.25 bits per heavy atom. The van der Waals surface area contributed by atoms with Crippen LogP contribution in [0.5, 0.6) is 0 Å². The van der Waals surface area contributed by atoms with Gasteiger partial charge >= 0.3 is 13.1 Å². The van der Waals surface area contributed by atoms with Crippen LogP contribution in [0.1, 0.15) is 43.6 Å². The van der Waals surface area contributed by atoms with Crippen molar-refractivity contribution in [3.05, 3.63) is 34.8 Å². The summed E-state index contributed by atoms with van der Waals surface area (Å²) in [6.07, 6.45) is 1.80. The van der Waals surface area contributed by atoms with E-state index in [0.717, 1.165) is 5.47 Å². The van der Waals surface area contributed by atoms with Gasteiger partial charge in [0.1, 0.15) is 0 Å². The number of rotatable bonds is 4. The second kappa shape index (κ2) is 6.59. The van der Waals surface area contributed by atoms with E-state index in [1.807, 2.05) is 27.7 Å². The molecule has 0 atom stereocenters. The average Bonchev–Trinajstić information content (AvgIpc) is 2.73. The van der Waals surface area contributed by atoms with Crippen molar-refractivity contribution in [2.75, 3.05) is 19.4 Å². The zero-order valence-corrected chi connectivity index (χ0v) is 14.9. The molecule has 1 aromatic carbocycles. The average molecular weight is 332 g/mol. The molecule has 1 aliphatic heterocycles. The molecule has 0 amide bonds. The summed E-state index contributed by atoms with van der Waals surface area (Å²) in [4.78, 5) is 12.0. The summed E-state index contributed by atoms with van der Waals surface area (Å²) in [5.74, 6) is -0.459. The molecule has 1 fully saturated rings. The number of carbonyl (C=O) groups excluding carboxylic acids is 1. The Morgan fingerprint density at radius 2 is 1.83 bits per heavy atom. The summed E-state index contributed by atoms with van der Waals surface area (Å²) in [5, 5.41) is 0. The minimum Gasteiger partial charge on any atom is -0.465 e. The maximum Gasteiger partial charge on any atom is 0.491 e. The van der Waals surface area contributed by atoms with Crippen molar-refractivity contribution in [3.63, 3.8) is 0 Å². The molecule has 7 heteroatoms. The van der Waals surface area contributed by atoms with E-state index < -0.39 is 24.3 Å². The molecule has 1 aromatic rings. The lowest BCUT2D eigenvalue weighted by atomic mass is 9.77. The topological polar surface area (TPSA) is 96.8 Å². The third-order valence-corrected chi connectivity index (χ3v) is 4.62. The van der Waals surface area contributed by atoms with Crippen LogP contribution in [0, 0.1) is 0 Å². The first kappa shape index (κ1) is 18.5. The van der Waals surface area contributed by atoms with Crippen LogP contribution in [0.2, 0.25) is 0 Å². The van der Waals surface area contributed by atoms with Gasteiger partial charge in [-0.1, -0.05) is 12.1 Å². The predicted molar refractivity (Wildman–Crippen MR) is 95.3 cm³/mol. The Labute approximate surface area is 143 Å². The van der Waals surface area contributed by atoms with Crippen molar-refractivity contribution >= 4 is 24.9 Å². The van der Waals surface area contributed by atoms with Crippen LogP contribution in [-0.2, 0) is 14.0 Å². The summed E-state index contributed by atoms with van der Waals surface area (Å²) < 4.78 is 16.9. The molecule has 0 unspecified atom stereocenters. The minimum absolute atomic E-state index is 0.238. The van der Waals surface area contributed by atoms with Gasteiger partial charge in [-0.15, -0.1) is 0 Å². The van der Waals surface area contributed by atoms with Crippen LogP contribution in [0.3, 0.4) is 0 Å². The Balaban J connectivity index is 2.41. The van der Waals surface area contributed by atoms with Crippen molar-refractivity contribution in [2.24, 2.45) is 5.73 Å². The maximum absolute atomic E-state index is 12.0. The largest absolute Gasteiger partial charge is 0.491 e. The molecule has 1 heterocycles. The van der Waals surface area contributed by atoms with Gasteiger partial charge in [-0.2, -0.15) is 0 Å². The van der Waals surface area contributed by atoms with Gasteiger partial charge in [-0.05, 0) is 50.9 Å². The van der Waals surface area contributed by atoms with Crippen LogP contribution in [0.15, 0.2) is 23.7 Å². The first-order chi connectivity index (χ1) is 11.1. The monoisotopic (exact) mass is 332 g/mol. The highest BCUT2D eigenvalue weighted by atomic mass is 16.7. The standard InChI is InChI=1S/C17H25BN2O4/c1-16(2)17(3,4)24-18(23-16)12(10-19)8-11-6-7-13(20)9-14(11)15(21)22-5/h6-9H,10,19-20H2,1-5H3. The third-order valence-electron chi connectivity index (χ3n) is 4.62. The van der Waals surface area contributed by atoms with Gasteiger partial charge in [-0.3, -0.25) is 0 Å². The van der Waals surface area contributed by atoms with E-state index in [0.29, 0.717) is 16.8 Å². The number of anilines is 1. The zero-order valence-electron chi connectivity index (χ0n) is 14.9. The molecule has 1 aliphatic rings. The van der Waals surface area contributed by atoms with Crippen molar-refractivity contribution in [1.29, 1.82) is 0 Å². The second-order valence-electron chi connectivity index (χ2n) is 6.85.